The third-order valence-electron chi connectivity index (χ3n) is 2.07. The van der Waals surface area contributed by atoms with Crippen molar-refractivity contribution in [3.8, 4) is 0 Å². The minimum absolute atomic E-state index is 0.846. The van der Waals surface area contributed by atoms with Gasteiger partial charge in [-0.2, -0.15) is 0 Å². The topological polar surface area (TPSA) is 12.9 Å². The summed E-state index contributed by atoms with van der Waals surface area (Å²) < 4.78 is 2.07. The number of thiazole rings is 1. The minimum Gasteiger partial charge on any atom is -0.230 e. The summed E-state index contributed by atoms with van der Waals surface area (Å²) in [5, 5.41) is 0. The lowest BCUT2D eigenvalue weighted by atomic mass is 10.1. The van der Waals surface area contributed by atoms with E-state index in [2.05, 4.69) is 43.6 Å². The molecule has 12 heavy (non-hydrogen) atoms. The summed E-state index contributed by atoms with van der Waals surface area (Å²) in [5.74, 6) is 0. The number of rotatable bonds is 0. The second-order valence-electron chi connectivity index (χ2n) is 2.85. The van der Waals surface area contributed by atoms with Crippen LogP contribution in [0.25, 0.3) is 10.2 Å². The fourth-order valence-electron chi connectivity index (χ4n) is 1.21. The molecular formula is C9H9NS2. The Hall–Kier alpha value is -0.540. The molecule has 0 amide bonds. The van der Waals surface area contributed by atoms with Crippen LogP contribution in [0.3, 0.4) is 0 Å². The highest BCUT2D eigenvalue weighted by molar-refractivity contribution is 7.82. The Labute approximate surface area is 80.9 Å². The molecule has 1 aromatic carbocycles. The van der Waals surface area contributed by atoms with Crippen LogP contribution in [0, 0.1) is 13.8 Å². The Morgan fingerprint density at radius 3 is 2.83 bits per heavy atom. The van der Waals surface area contributed by atoms with Gasteiger partial charge < -0.3 is 0 Å². The number of hydrogen-bond acceptors (Lipinski definition) is 3. The van der Waals surface area contributed by atoms with Crippen LogP contribution in [0.1, 0.15) is 11.1 Å². The molecule has 0 atom stereocenters. The molecule has 0 saturated heterocycles. The Bertz CT molecular complexity index is 431. The van der Waals surface area contributed by atoms with Gasteiger partial charge in [0.1, 0.15) is 4.34 Å². The van der Waals surface area contributed by atoms with Gasteiger partial charge in [0.2, 0.25) is 0 Å². The van der Waals surface area contributed by atoms with Gasteiger partial charge in [-0.05, 0) is 31.0 Å². The molecule has 2 aromatic rings. The van der Waals surface area contributed by atoms with E-state index < -0.39 is 0 Å². The molecule has 1 nitrogen and oxygen atoms in total. The highest BCUT2D eigenvalue weighted by atomic mass is 32.2. The Morgan fingerprint density at radius 2 is 2.08 bits per heavy atom. The standard InChI is InChI=1S/C9H9NS2/c1-5-3-4-7-8(6(5)2)10-9(11)12-7/h3-4H,1-2H3,(H,10,11). The number of aryl methyl sites for hydroxylation is 2. The zero-order chi connectivity index (χ0) is 8.72. The van der Waals surface area contributed by atoms with Gasteiger partial charge in [0.15, 0.2) is 0 Å². The van der Waals surface area contributed by atoms with Gasteiger partial charge in [-0.1, -0.05) is 6.07 Å². The molecule has 0 spiro atoms. The smallest absolute Gasteiger partial charge is 0.148 e. The Balaban J connectivity index is 2.89. The summed E-state index contributed by atoms with van der Waals surface area (Å²) in [6.07, 6.45) is 0. The van der Waals surface area contributed by atoms with Crippen LogP contribution in [0.15, 0.2) is 16.5 Å². The molecule has 0 aliphatic rings. The molecule has 0 N–H and O–H groups in total. The van der Waals surface area contributed by atoms with E-state index in [-0.39, 0.29) is 0 Å². The molecule has 0 unspecified atom stereocenters. The van der Waals surface area contributed by atoms with Crippen LogP contribution in [-0.2, 0) is 0 Å². The van der Waals surface area contributed by atoms with Crippen LogP contribution < -0.4 is 0 Å². The Kier molecular flexibility index (Phi) is 1.85. The maximum atomic E-state index is 4.36. The first-order chi connectivity index (χ1) is 5.68. The highest BCUT2D eigenvalue weighted by Crippen LogP contribution is 2.27. The van der Waals surface area contributed by atoms with Crippen LogP contribution in [-0.4, -0.2) is 4.98 Å². The number of nitrogens with zero attached hydrogens (tertiary/aromatic N) is 1. The summed E-state index contributed by atoms with van der Waals surface area (Å²) in [7, 11) is 0. The lowest BCUT2D eigenvalue weighted by Crippen LogP contribution is -1.81. The molecule has 0 bridgehead atoms. The van der Waals surface area contributed by atoms with Crippen LogP contribution in [0.5, 0.6) is 0 Å². The first-order valence-electron chi connectivity index (χ1n) is 3.74. The maximum absolute atomic E-state index is 4.36. The van der Waals surface area contributed by atoms with Crippen LogP contribution >= 0.6 is 24.0 Å². The predicted octanol–water partition coefficient (Wildman–Crippen LogP) is 3.20. The number of fused-ring (bicyclic) bond motifs is 1. The molecule has 0 aliphatic heterocycles. The molecule has 1 aromatic heterocycles. The van der Waals surface area contributed by atoms with Gasteiger partial charge in [0.05, 0.1) is 10.2 Å². The molecule has 62 valence electrons. The van der Waals surface area contributed by atoms with Gasteiger partial charge in [-0.3, -0.25) is 0 Å². The van der Waals surface area contributed by atoms with Crippen molar-refractivity contribution < 1.29 is 0 Å². The average Bonchev–Trinajstić information content (AvgIpc) is 2.39. The van der Waals surface area contributed by atoms with Crippen molar-refractivity contribution in [3.05, 3.63) is 23.3 Å². The predicted molar refractivity (Wildman–Crippen MR) is 56.3 cm³/mol. The normalized spacial score (nSPS) is 10.9. The van der Waals surface area contributed by atoms with Crippen molar-refractivity contribution in [2.24, 2.45) is 0 Å². The number of hydrogen-bond donors (Lipinski definition) is 1. The second-order valence-corrected chi connectivity index (χ2v) is 4.61. The Morgan fingerprint density at radius 1 is 1.33 bits per heavy atom. The largest absolute Gasteiger partial charge is 0.230 e. The summed E-state index contributed by atoms with van der Waals surface area (Å²) in [6.45, 7) is 4.21. The highest BCUT2D eigenvalue weighted by Gasteiger charge is 2.04. The van der Waals surface area contributed by atoms with Gasteiger partial charge in [0, 0.05) is 0 Å². The number of aromatic nitrogens is 1. The van der Waals surface area contributed by atoms with Crippen molar-refractivity contribution >= 4 is 34.2 Å². The minimum atomic E-state index is 0.846. The van der Waals surface area contributed by atoms with E-state index >= 15 is 0 Å². The fourth-order valence-corrected chi connectivity index (χ4v) is 2.37. The second kappa shape index (κ2) is 2.75. The van der Waals surface area contributed by atoms with Crippen molar-refractivity contribution in [1.82, 2.24) is 4.98 Å². The maximum Gasteiger partial charge on any atom is 0.148 e. The van der Waals surface area contributed by atoms with Crippen LogP contribution in [0.4, 0.5) is 0 Å². The fraction of sp³-hybridized carbons (Fsp3) is 0.222. The van der Waals surface area contributed by atoms with Crippen molar-refractivity contribution in [2.45, 2.75) is 18.2 Å². The molecule has 0 aliphatic carbocycles. The molecule has 3 heteroatoms. The zero-order valence-corrected chi connectivity index (χ0v) is 8.67. The molecule has 0 fully saturated rings. The summed E-state index contributed by atoms with van der Waals surface area (Å²) in [6, 6.07) is 4.23. The zero-order valence-electron chi connectivity index (χ0n) is 6.96. The summed E-state index contributed by atoms with van der Waals surface area (Å²) in [5.41, 5.74) is 3.66. The molecule has 0 radical (unpaired) electrons. The third kappa shape index (κ3) is 1.13. The van der Waals surface area contributed by atoms with E-state index in [9.17, 15) is 0 Å². The van der Waals surface area contributed by atoms with E-state index in [4.69, 9.17) is 0 Å². The lowest BCUT2D eigenvalue weighted by Gasteiger charge is -1.97. The monoisotopic (exact) mass is 195 g/mol. The molecule has 1 heterocycles. The SMILES string of the molecule is Cc1ccc2sc(S)nc2c1C. The van der Waals surface area contributed by atoms with E-state index in [1.807, 2.05) is 0 Å². The van der Waals surface area contributed by atoms with Crippen LogP contribution in [0.2, 0.25) is 0 Å². The summed E-state index contributed by atoms with van der Waals surface area (Å²) in [4.78, 5) is 4.36. The van der Waals surface area contributed by atoms with Gasteiger partial charge in [-0.15, -0.1) is 24.0 Å². The quantitative estimate of drug-likeness (QED) is 0.637. The first kappa shape index (κ1) is 8.08. The number of thiol groups is 1. The lowest BCUT2D eigenvalue weighted by molar-refractivity contribution is 1.27. The molecular weight excluding hydrogens is 186 g/mol. The first-order valence-corrected chi connectivity index (χ1v) is 5.00. The van der Waals surface area contributed by atoms with E-state index in [1.54, 1.807) is 11.3 Å². The van der Waals surface area contributed by atoms with Crippen molar-refractivity contribution in [2.75, 3.05) is 0 Å². The van der Waals surface area contributed by atoms with Gasteiger partial charge >= 0.3 is 0 Å². The van der Waals surface area contributed by atoms with Gasteiger partial charge in [0.25, 0.3) is 0 Å². The molecule has 2 rings (SSSR count). The summed E-state index contributed by atoms with van der Waals surface area (Å²) >= 11 is 5.86. The van der Waals surface area contributed by atoms with Crippen molar-refractivity contribution in [3.63, 3.8) is 0 Å². The van der Waals surface area contributed by atoms with Gasteiger partial charge in [-0.25, -0.2) is 4.98 Å². The number of benzene rings is 1. The van der Waals surface area contributed by atoms with E-state index in [0.29, 0.717) is 0 Å². The molecule has 0 saturated carbocycles. The van der Waals surface area contributed by atoms with Crippen molar-refractivity contribution in [1.29, 1.82) is 0 Å². The average molecular weight is 195 g/mol. The van der Waals surface area contributed by atoms with E-state index in [1.165, 1.54) is 15.8 Å². The third-order valence-corrected chi connectivity index (χ3v) is 3.27. The van der Waals surface area contributed by atoms with E-state index in [0.717, 1.165) is 9.86 Å².